The lowest BCUT2D eigenvalue weighted by molar-refractivity contribution is 0.298. The summed E-state index contributed by atoms with van der Waals surface area (Å²) in [6, 6.07) is 12.0. The number of fused-ring (bicyclic) bond motifs is 1. The van der Waals surface area contributed by atoms with Crippen molar-refractivity contribution in [2.45, 2.75) is 6.42 Å². The first-order valence-corrected chi connectivity index (χ1v) is 6.83. The molecule has 0 bridgehead atoms. The third kappa shape index (κ3) is 3.89. The maximum Gasteiger partial charge on any atom is 0.213 e. The average Bonchev–Trinajstić information content (AvgIpc) is 2.42. The van der Waals surface area contributed by atoms with E-state index in [1.54, 1.807) is 0 Å². The van der Waals surface area contributed by atoms with Gasteiger partial charge in [0.05, 0.1) is 12.1 Å². The summed E-state index contributed by atoms with van der Waals surface area (Å²) in [5.74, 6) is 1.57. The quantitative estimate of drug-likeness (QED) is 0.594. The highest BCUT2D eigenvalue weighted by Gasteiger charge is 1.98. The number of nitrogens with zero attached hydrogens (tertiary/aromatic N) is 1. The van der Waals surface area contributed by atoms with Crippen LogP contribution >= 0.6 is 12.6 Å². The number of pyridine rings is 1. The lowest BCUT2D eigenvalue weighted by Crippen LogP contribution is -2.19. The molecule has 0 aliphatic heterocycles. The van der Waals surface area contributed by atoms with Gasteiger partial charge in [0.2, 0.25) is 5.88 Å². The van der Waals surface area contributed by atoms with Gasteiger partial charge in [-0.05, 0) is 25.1 Å². The molecule has 4 heteroatoms. The van der Waals surface area contributed by atoms with Crippen LogP contribution in [0.25, 0.3) is 10.9 Å². The van der Waals surface area contributed by atoms with Crippen LogP contribution in [0, 0.1) is 0 Å². The number of hydrogen-bond acceptors (Lipinski definition) is 4. The van der Waals surface area contributed by atoms with Crippen molar-refractivity contribution >= 4 is 23.5 Å². The number of rotatable bonds is 7. The normalized spacial score (nSPS) is 10.7. The van der Waals surface area contributed by atoms with Crippen LogP contribution in [0.4, 0.5) is 0 Å². The third-order valence-electron chi connectivity index (χ3n) is 2.61. The second-order valence-corrected chi connectivity index (χ2v) is 4.47. The van der Waals surface area contributed by atoms with E-state index in [9.17, 15) is 0 Å². The minimum absolute atomic E-state index is 0.685. The molecule has 0 aliphatic carbocycles. The molecular formula is C14H18N2OS. The highest BCUT2D eigenvalue weighted by molar-refractivity contribution is 7.80. The Balaban J connectivity index is 1.81. The molecule has 96 valence electrons. The summed E-state index contributed by atoms with van der Waals surface area (Å²) in [5, 5.41) is 4.41. The van der Waals surface area contributed by atoms with Crippen molar-refractivity contribution in [3.05, 3.63) is 36.4 Å². The molecule has 0 radical (unpaired) electrons. The van der Waals surface area contributed by atoms with Gasteiger partial charge >= 0.3 is 0 Å². The molecule has 1 N–H and O–H groups in total. The van der Waals surface area contributed by atoms with E-state index < -0.39 is 0 Å². The maximum atomic E-state index is 5.62. The summed E-state index contributed by atoms with van der Waals surface area (Å²) in [7, 11) is 0. The zero-order chi connectivity index (χ0) is 12.6. The number of para-hydroxylation sites is 1. The van der Waals surface area contributed by atoms with Crippen LogP contribution in [0.2, 0.25) is 0 Å². The zero-order valence-corrected chi connectivity index (χ0v) is 11.2. The number of hydrogen-bond donors (Lipinski definition) is 2. The molecule has 1 aromatic carbocycles. The number of aromatic nitrogens is 1. The predicted molar refractivity (Wildman–Crippen MR) is 78.6 cm³/mol. The Morgan fingerprint density at radius 1 is 1.11 bits per heavy atom. The summed E-state index contributed by atoms with van der Waals surface area (Å²) in [6.07, 6.45) is 0.974. The molecule has 0 unspecified atom stereocenters. The van der Waals surface area contributed by atoms with Crippen LogP contribution in [-0.2, 0) is 0 Å². The summed E-state index contributed by atoms with van der Waals surface area (Å²) < 4.78 is 5.62. The molecule has 1 heterocycles. The lowest BCUT2D eigenvalue weighted by atomic mass is 10.2. The molecule has 18 heavy (non-hydrogen) atoms. The van der Waals surface area contributed by atoms with Crippen molar-refractivity contribution in [1.29, 1.82) is 0 Å². The van der Waals surface area contributed by atoms with Crippen LogP contribution in [0.3, 0.4) is 0 Å². The van der Waals surface area contributed by atoms with Crippen molar-refractivity contribution in [1.82, 2.24) is 10.3 Å². The smallest absolute Gasteiger partial charge is 0.213 e. The van der Waals surface area contributed by atoms with Crippen molar-refractivity contribution in [3.63, 3.8) is 0 Å². The van der Waals surface area contributed by atoms with Crippen LogP contribution in [0.1, 0.15) is 6.42 Å². The Hall–Kier alpha value is -1.26. The van der Waals surface area contributed by atoms with Crippen LogP contribution in [-0.4, -0.2) is 30.4 Å². The van der Waals surface area contributed by atoms with Gasteiger partial charge in [-0.15, -0.1) is 0 Å². The number of thiol groups is 1. The molecule has 2 aromatic rings. The van der Waals surface area contributed by atoms with E-state index in [-0.39, 0.29) is 0 Å². The predicted octanol–water partition coefficient (Wildman–Crippen LogP) is 2.52. The van der Waals surface area contributed by atoms with Gasteiger partial charge in [-0.25, -0.2) is 4.98 Å². The molecular weight excluding hydrogens is 244 g/mol. The Morgan fingerprint density at radius 3 is 2.89 bits per heavy atom. The number of nitrogens with one attached hydrogen (secondary N) is 1. The van der Waals surface area contributed by atoms with Crippen LogP contribution in [0.15, 0.2) is 36.4 Å². The molecule has 0 saturated heterocycles. The summed E-state index contributed by atoms with van der Waals surface area (Å²) in [6.45, 7) is 2.58. The largest absolute Gasteiger partial charge is 0.478 e. The molecule has 0 fully saturated rings. The summed E-state index contributed by atoms with van der Waals surface area (Å²) in [5.41, 5.74) is 0.975. The second kappa shape index (κ2) is 7.24. The van der Waals surface area contributed by atoms with Gasteiger partial charge in [0, 0.05) is 23.8 Å². The fourth-order valence-electron chi connectivity index (χ4n) is 1.71. The molecule has 1 aromatic heterocycles. The van der Waals surface area contributed by atoms with Gasteiger partial charge in [0.15, 0.2) is 0 Å². The van der Waals surface area contributed by atoms with E-state index in [1.165, 1.54) is 0 Å². The molecule has 0 saturated carbocycles. The molecule has 0 atom stereocenters. The van der Waals surface area contributed by atoms with Crippen molar-refractivity contribution in [3.8, 4) is 5.88 Å². The lowest BCUT2D eigenvalue weighted by Gasteiger charge is -2.06. The van der Waals surface area contributed by atoms with E-state index in [0.29, 0.717) is 12.5 Å². The van der Waals surface area contributed by atoms with Crippen LogP contribution < -0.4 is 10.1 Å². The van der Waals surface area contributed by atoms with Crippen LogP contribution in [0.5, 0.6) is 5.88 Å². The first-order chi connectivity index (χ1) is 8.90. The van der Waals surface area contributed by atoms with E-state index in [4.69, 9.17) is 4.74 Å². The first-order valence-electron chi connectivity index (χ1n) is 6.20. The Labute approximate surface area is 113 Å². The van der Waals surface area contributed by atoms with E-state index >= 15 is 0 Å². The average molecular weight is 262 g/mol. The maximum absolute atomic E-state index is 5.62. The molecule has 0 aliphatic rings. The van der Waals surface area contributed by atoms with E-state index in [1.807, 2.05) is 36.4 Å². The fourth-order valence-corrected chi connectivity index (χ4v) is 1.86. The van der Waals surface area contributed by atoms with Gasteiger partial charge in [0.25, 0.3) is 0 Å². The van der Waals surface area contributed by atoms with Gasteiger partial charge < -0.3 is 10.1 Å². The zero-order valence-electron chi connectivity index (χ0n) is 10.3. The van der Waals surface area contributed by atoms with Gasteiger partial charge in [-0.1, -0.05) is 18.2 Å². The molecule has 0 amide bonds. The highest BCUT2D eigenvalue weighted by Crippen LogP contribution is 2.15. The van der Waals surface area contributed by atoms with Gasteiger partial charge in [0.1, 0.15) is 0 Å². The van der Waals surface area contributed by atoms with Crippen molar-refractivity contribution in [2.24, 2.45) is 0 Å². The van der Waals surface area contributed by atoms with E-state index in [0.717, 1.165) is 36.2 Å². The summed E-state index contributed by atoms with van der Waals surface area (Å²) in [4.78, 5) is 4.45. The van der Waals surface area contributed by atoms with Gasteiger partial charge in [-0.3, -0.25) is 0 Å². The van der Waals surface area contributed by atoms with E-state index in [2.05, 4.69) is 22.9 Å². The van der Waals surface area contributed by atoms with Crippen molar-refractivity contribution < 1.29 is 4.74 Å². The fraction of sp³-hybridized carbons (Fsp3) is 0.357. The molecule has 2 rings (SSSR count). The number of ether oxygens (including phenoxy) is 1. The number of benzene rings is 1. The van der Waals surface area contributed by atoms with Gasteiger partial charge in [-0.2, -0.15) is 12.6 Å². The Morgan fingerprint density at radius 2 is 2.00 bits per heavy atom. The first kappa shape index (κ1) is 13.2. The minimum atomic E-state index is 0.685. The standard InChI is InChI=1S/C14H18N2OS/c18-11-9-15-8-3-10-17-14-7-6-12-4-1-2-5-13(12)16-14/h1-2,4-7,15,18H,3,8-11H2. The topological polar surface area (TPSA) is 34.1 Å². The molecule has 3 nitrogen and oxygen atoms in total. The second-order valence-electron chi connectivity index (χ2n) is 4.02. The summed E-state index contributed by atoms with van der Waals surface area (Å²) >= 11 is 4.13. The Kier molecular flexibility index (Phi) is 5.30. The Bertz CT molecular complexity index is 490. The minimum Gasteiger partial charge on any atom is -0.478 e. The SMILES string of the molecule is SCCNCCCOc1ccc2ccccc2n1. The van der Waals surface area contributed by atoms with Crippen molar-refractivity contribution in [2.75, 3.05) is 25.4 Å². The third-order valence-corrected chi connectivity index (χ3v) is 2.83. The highest BCUT2D eigenvalue weighted by atomic mass is 32.1. The molecule has 0 spiro atoms. The monoisotopic (exact) mass is 262 g/mol.